The van der Waals surface area contributed by atoms with Crippen LogP contribution >= 0.6 is 11.6 Å². The molecule has 94 valence electrons. The second-order valence-corrected chi connectivity index (χ2v) is 5.24. The van der Waals surface area contributed by atoms with Crippen LogP contribution in [-0.4, -0.2) is 28.7 Å². The van der Waals surface area contributed by atoms with Crippen molar-refractivity contribution >= 4 is 11.6 Å². The zero-order valence-corrected chi connectivity index (χ0v) is 10.7. The van der Waals surface area contributed by atoms with E-state index in [-0.39, 0.29) is 10.8 Å². The van der Waals surface area contributed by atoms with E-state index in [2.05, 4.69) is 6.92 Å². The Labute approximate surface area is 106 Å². The molecule has 0 spiro atoms. The number of hydrogen-bond acceptors (Lipinski definition) is 2. The lowest BCUT2D eigenvalue weighted by Gasteiger charge is -2.46. The topological polar surface area (TPSA) is 23.5 Å². The van der Waals surface area contributed by atoms with E-state index >= 15 is 0 Å². The second-order valence-electron chi connectivity index (χ2n) is 4.83. The molecule has 0 bridgehead atoms. The summed E-state index contributed by atoms with van der Waals surface area (Å²) in [6.07, 6.45) is 1.78. The Hall–Kier alpha value is -0.640. The van der Waals surface area contributed by atoms with Gasteiger partial charge in [-0.3, -0.25) is 4.90 Å². The van der Waals surface area contributed by atoms with Crippen LogP contribution in [0.5, 0.6) is 0 Å². The lowest BCUT2D eigenvalue weighted by Crippen LogP contribution is -2.61. The van der Waals surface area contributed by atoms with Gasteiger partial charge in [0, 0.05) is 25.2 Å². The van der Waals surface area contributed by atoms with Gasteiger partial charge in [-0.05, 0) is 12.5 Å². The van der Waals surface area contributed by atoms with Crippen molar-refractivity contribution in [3.63, 3.8) is 0 Å². The third-order valence-electron chi connectivity index (χ3n) is 3.18. The Morgan fingerprint density at radius 1 is 1.47 bits per heavy atom. The predicted octanol–water partition coefficient (Wildman–Crippen LogP) is 2.83. The first-order valence-electron chi connectivity index (χ1n) is 5.92. The van der Waals surface area contributed by atoms with Crippen LogP contribution in [0, 0.1) is 5.82 Å². The van der Waals surface area contributed by atoms with Crippen molar-refractivity contribution < 1.29 is 9.50 Å². The quantitative estimate of drug-likeness (QED) is 0.897. The zero-order valence-electron chi connectivity index (χ0n) is 9.92. The maximum Gasteiger partial charge on any atom is 0.146 e. The summed E-state index contributed by atoms with van der Waals surface area (Å²) in [4.78, 5) is 2.03. The summed E-state index contributed by atoms with van der Waals surface area (Å²) in [5.41, 5.74) is 0.0279. The van der Waals surface area contributed by atoms with E-state index in [0.717, 1.165) is 12.8 Å². The number of likely N-dealkylation sites (tertiary alicyclic amines) is 1. The number of nitrogens with zero attached hydrogens (tertiary/aromatic N) is 1. The first-order valence-corrected chi connectivity index (χ1v) is 6.29. The molecule has 2 rings (SSSR count). The fourth-order valence-corrected chi connectivity index (χ4v) is 2.63. The minimum Gasteiger partial charge on any atom is -0.387 e. The maximum atomic E-state index is 13.6. The summed E-state index contributed by atoms with van der Waals surface area (Å²) in [6, 6.07) is 5.03. The summed E-state index contributed by atoms with van der Waals surface area (Å²) in [7, 11) is 0. The average Bonchev–Trinajstić information content (AvgIpc) is 2.23. The Morgan fingerprint density at radius 2 is 2.18 bits per heavy atom. The van der Waals surface area contributed by atoms with Gasteiger partial charge in [0.05, 0.1) is 10.6 Å². The monoisotopic (exact) mass is 257 g/mol. The third-order valence-corrected chi connectivity index (χ3v) is 3.47. The highest BCUT2D eigenvalue weighted by atomic mass is 35.5. The van der Waals surface area contributed by atoms with Gasteiger partial charge in [-0.1, -0.05) is 37.1 Å². The standard InChI is InChI=1S/C13H17ClFNO/c1-2-6-13(17)8-16(9-13)7-10-4-3-5-11(14)12(10)15/h3-5,17H,2,6-9H2,1H3. The molecule has 17 heavy (non-hydrogen) atoms. The second kappa shape index (κ2) is 4.92. The minimum atomic E-state index is -0.566. The highest BCUT2D eigenvalue weighted by Gasteiger charge is 2.40. The molecule has 0 aliphatic carbocycles. The Bertz CT molecular complexity index is 404. The number of rotatable bonds is 4. The molecule has 1 heterocycles. The van der Waals surface area contributed by atoms with Crippen molar-refractivity contribution in [2.24, 2.45) is 0 Å². The first-order chi connectivity index (χ1) is 8.04. The molecule has 0 amide bonds. The number of aliphatic hydroxyl groups is 1. The molecule has 1 aliphatic heterocycles. The predicted molar refractivity (Wildman–Crippen MR) is 66.5 cm³/mol. The van der Waals surface area contributed by atoms with Gasteiger partial charge in [0.15, 0.2) is 0 Å². The molecule has 0 unspecified atom stereocenters. The number of benzene rings is 1. The molecule has 0 saturated carbocycles. The molecule has 1 aromatic rings. The summed E-state index contributed by atoms with van der Waals surface area (Å²) in [6.45, 7) is 3.80. The van der Waals surface area contributed by atoms with Crippen molar-refractivity contribution in [3.8, 4) is 0 Å². The highest BCUT2D eigenvalue weighted by molar-refractivity contribution is 6.30. The lowest BCUT2D eigenvalue weighted by molar-refractivity contribution is -0.107. The SMILES string of the molecule is CCCC1(O)CN(Cc2cccc(Cl)c2F)C1. The molecule has 1 aliphatic rings. The van der Waals surface area contributed by atoms with Gasteiger partial charge in [-0.2, -0.15) is 0 Å². The fourth-order valence-electron chi connectivity index (χ4n) is 2.43. The van der Waals surface area contributed by atoms with Crippen LogP contribution < -0.4 is 0 Å². The van der Waals surface area contributed by atoms with Crippen molar-refractivity contribution in [3.05, 3.63) is 34.6 Å². The molecular weight excluding hydrogens is 241 g/mol. The lowest BCUT2D eigenvalue weighted by atomic mass is 9.89. The van der Waals surface area contributed by atoms with Crippen LogP contribution in [0.3, 0.4) is 0 Å². The highest BCUT2D eigenvalue weighted by Crippen LogP contribution is 2.28. The van der Waals surface area contributed by atoms with Gasteiger partial charge in [0.1, 0.15) is 5.82 Å². The van der Waals surface area contributed by atoms with Gasteiger partial charge in [0.2, 0.25) is 0 Å². The van der Waals surface area contributed by atoms with E-state index in [1.807, 2.05) is 4.90 Å². The van der Waals surface area contributed by atoms with Gasteiger partial charge in [0.25, 0.3) is 0 Å². The van der Waals surface area contributed by atoms with Crippen molar-refractivity contribution in [2.75, 3.05) is 13.1 Å². The Kier molecular flexibility index (Phi) is 3.71. The van der Waals surface area contributed by atoms with E-state index in [1.165, 1.54) is 0 Å². The molecule has 4 heteroatoms. The fraction of sp³-hybridized carbons (Fsp3) is 0.538. The van der Waals surface area contributed by atoms with E-state index in [9.17, 15) is 9.50 Å². The molecule has 0 radical (unpaired) electrons. The molecule has 1 fully saturated rings. The Balaban J connectivity index is 1.94. The smallest absolute Gasteiger partial charge is 0.146 e. The molecule has 2 nitrogen and oxygen atoms in total. The Morgan fingerprint density at radius 3 is 2.82 bits per heavy atom. The zero-order chi connectivity index (χ0) is 12.5. The summed E-state index contributed by atoms with van der Waals surface area (Å²) in [5, 5.41) is 10.2. The van der Waals surface area contributed by atoms with Crippen LogP contribution in [0.25, 0.3) is 0 Å². The third kappa shape index (κ3) is 2.79. The normalized spacial score (nSPS) is 19.1. The number of β-amino-alcohol motifs (C(OH)–C–C–N with tert-alkyl or cyclic N) is 1. The molecule has 1 aromatic carbocycles. The largest absolute Gasteiger partial charge is 0.387 e. The first kappa shape index (κ1) is 12.8. The van der Waals surface area contributed by atoms with Crippen LogP contribution in [-0.2, 0) is 6.54 Å². The molecule has 0 aromatic heterocycles. The van der Waals surface area contributed by atoms with Crippen LogP contribution in [0.1, 0.15) is 25.3 Å². The van der Waals surface area contributed by atoms with Gasteiger partial charge >= 0.3 is 0 Å². The molecule has 0 atom stereocenters. The molecule has 1 saturated heterocycles. The summed E-state index contributed by atoms with van der Waals surface area (Å²) < 4.78 is 13.6. The van der Waals surface area contributed by atoms with Crippen LogP contribution in [0.15, 0.2) is 18.2 Å². The number of hydrogen-bond donors (Lipinski definition) is 1. The van der Waals surface area contributed by atoms with Gasteiger partial charge < -0.3 is 5.11 Å². The molecule has 1 N–H and O–H groups in total. The van der Waals surface area contributed by atoms with Gasteiger partial charge in [-0.15, -0.1) is 0 Å². The van der Waals surface area contributed by atoms with Gasteiger partial charge in [-0.25, -0.2) is 4.39 Å². The van der Waals surface area contributed by atoms with Crippen molar-refractivity contribution in [2.45, 2.75) is 31.9 Å². The van der Waals surface area contributed by atoms with Crippen molar-refractivity contribution in [1.82, 2.24) is 4.90 Å². The van der Waals surface area contributed by atoms with E-state index in [0.29, 0.717) is 25.2 Å². The number of halogens is 2. The van der Waals surface area contributed by atoms with E-state index < -0.39 is 5.60 Å². The summed E-state index contributed by atoms with van der Waals surface area (Å²) >= 11 is 5.72. The maximum absolute atomic E-state index is 13.6. The van der Waals surface area contributed by atoms with Crippen LogP contribution in [0.4, 0.5) is 4.39 Å². The van der Waals surface area contributed by atoms with Crippen LogP contribution in [0.2, 0.25) is 5.02 Å². The summed E-state index contributed by atoms with van der Waals surface area (Å²) in [5.74, 6) is -0.347. The van der Waals surface area contributed by atoms with E-state index in [4.69, 9.17) is 11.6 Å². The van der Waals surface area contributed by atoms with E-state index in [1.54, 1.807) is 18.2 Å². The van der Waals surface area contributed by atoms with Crippen molar-refractivity contribution in [1.29, 1.82) is 0 Å². The average molecular weight is 258 g/mol. The minimum absolute atomic E-state index is 0.159. The molecular formula is C13H17ClFNO.